The second kappa shape index (κ2) is 6.38. The summed E-state index contributed by atoms with van der Waals surface area (Å²) in [5, 5.41) is 9.44. The molecule has 90 valence electrons. The van der Waals surface area contributed by atoms with Gasteiger partial charge in [0, 0.05) is 23.0 Å². The molecule has 0 amide bonds. The number of hydrogen-bond donors (Lipinski definition) is 1. The SMILES string of the molecule is CCC(CO)C(c1cccc(Br)c1)N(C)C. The van der Waals surface area contributed by atoms with Crippen molar-refractivity contribution in [3.8, 4) is 0 Å². The fourth-order valence-electron chi connectivity index (χ4n) is 2.13. The van der Waals surface area contributed by atoms with E-state index in [9.17, 15) is 5.11 Å². The van der Waals surface area contributed by atoms with Crippen LogP contribution in [0, 0.1) is 5.92 Å². The first-order chi connectivity index (χ1) is 7.60. The maximum Gasteiger partial charge on any atom is 0.0477 e. The standard InChI is InChI=1S/C13H20BrNO/c1-4-10(9-16)13(15(2)3)11-6-5-7-12(14)8-11/h5-8,10,13,16H,4,9H2,1-3H3. The molecule has 0 saturated carbocycles. The summed E-state index contributed by atoms with van der Waals surface area (Å²) in [6, 6.07) is 8.58. The van der Waals surface area contributed by atoms with E-state index in [1.165, 1.54) is 5.56 Å². The zero-order valence-electron chi connectivity index (χ0n) is 10.2. The Morgan fingerprint density at radius 2 is 2.06 bits per heavy atom. The Morgan fingerprint density at radius 1 is 1.38 bits per heavy atom. The minimum Gasteiger partial charge on any atom is -0.396 e. The predicted molar refractivity (Wildman–Crippen MR) is 71.4 cm³/mol. The van der Waals surface area contributed by atoms with Crippen LogP contribution in [-0.4, -0.2) is 30.7 Å². The Kier molecular flexibility index (Phi) is 5.46. The molecule has 0 fully saturated rings. The first-order valence-electron chi connectivity index (χ1n) is 5.62. The number of nitrogens with zero attached hydrogens (tertiary/aromatic N) is 1. The molecule has 0 aliphatic rings. The van der Waals surface area contributed by atoms with Gasteiger partial charge in [-0.2, -0.15) is 0 Å². The molecule has 1 aromatic carbocycles. The normalized spacial score (nSPS) is 15.1. The van der Waals surface area contributed by atoms with Crippen molar-refractivity contribution >= 4 is 15.9 Å². The monoisotopic (exact) mass is 285 g/mol. The summed E-state index contributed by atoms with van der Waals surface area (Å²) in [5.74, 6) is 0.282. The second-order valence-corrected chi connectivity index (χ2v) is 5.23. The van der Waals surface area contributed by atoms with Gasteiger partial charge in [-0.15, -0.1) is 0 Å². The summed E-state index contributed by atoms with van der Waals surface area (Å²) in [4.78, 5) is 2.17. The van der Waals surface area contributed by atoms with Crippen molar-refractivity contribution in [3.05, 3.63) is 34.3 Å². The van der Waals surface area contributed by atoms with Gasteiger partial charge in [-0.1, -0.05) is 35.0 Å². The lowest BCUT2D eigenvalue weighted by Crippen LogP contribution is -2.29. The van der Waals surface area contributed by atoms with Crippen LogP contribution in [0.25, 0.3) is 0 Å². The van der Waals surface area contributed by atoms with E-state index in [1.54, 1.807) is 0 Å². The van der Waals surface area contributed by atoms with Gasteiger partial charge in [0.25, 0.3) is 0 Å². The molecule has 2 atom stereocenters. The average Bonchev–Trinajstić information content (AvgIpc) is 2.24. The van der Waals surface area contributed by atoms with Crippen LogP contribution in [0.2, 0.25) is 0 Å². The van der Waals surface area contributed by atoms with E-state index in [4.69, 9.17) is 0 Å². The molecule has 2 nitrogen and oxygen atoms in total. The van der Waals surface area contributed by atoms with E-state index < -0.39 is 0 Å². The fraction of sp³-hybridized carbons (Fsp3) is 0.538. The molecule has 0 aromatic heterocycles. The minimum absolute atomic E-state index is 0.228. The van der Waals surface area contributed by atoms with Gasteiger partial charge in [-0.3, -0.25) is 0 Å². The third-order valence-corrected chi connectivity index (χ3v) is 3.45. The van der Waals surface area contributed by atoms with Gasteiger partial charge < -0.3 is 10.0 Å². The van der Waals surface area contributed by atoms with Gasteiger partial charge >= 0.3 is 0 Å². The van der Waals surface area contributed by atoms with Gasteiger partial charge in [0.1, 0.15) is 0 Å². The Hall–Kier alpha value is -0.380. The van der Waals surface area contributed by atoms with Crippen LogP contribution in [0.3, 0.4) is 0 Å². The highest BCUT2D eigenvalue weighted by Crippen LogP contribution is 2.30. The third-order valence-electron chi connectivity index (χ3n) is 2.95. The van der Waals surface area contributed by atoms with Crippen molar-refractivity contribution in [3.63, 3.8) is 0 Å². The summed E-state index contributed by atoms with van der Waals surface area (Å²) in [7, 11) is 4.12. The zero-order valence-corrected chi connectivity index (χ0v) is 11.7. The molecule has 0 saturated heterocycles. The number of halogens is 1. The summed E-state index contributed by atoms with van der Waals surface area (Å²) in [6.07, 6.45) is 0.978. The Balaban J connectivity index is 3.02. The Labute approximate surface area is 106 Å². The van der Waals surface area contributed by atoms with E-state index in [0.717, 1.165) is 10.9 Å². The van der Waals surface area contributed by atoms with Gasteiger partial charge in [0.05, 0.1) is 0 Å². The molecule has 0 bridgehead atoms. The van der Waals surface area contributed by atoms with Gasteiger partial charge in [0.15, 0.2) is 0 Å². The number of benzene rings is 1. The number of aliphatic hydroxyl groups excluding tert-OH is 1. The number of hydrogen-bond acceptors (Lipinski definition) is 2. The van der Waals surface area contributed by atoms with E-state index in [-0.39, 0.29) is 18.6 Å². The van der Waals surface area contributed by atoms with Gasteiger partial charge in [-0.05, 0) is 38.2 Å². The minimum atomic E-state index is 0.228. The van der Waals surface area contributed by atoms with E-state index >= 15 is 0 Å². The van der Waals surface area contributed by atoms with Crippen LogP contribution in [0.15, 0.2) is 28.7 Å². The molecular formula is C13H20BrNO. The van der Waals surface area contributed by atoms with Crippen LogP contribution >= 0.6 is 15.9 Å². The summed E-state index contributed by atoms with van der Waals surface area (Å²) >= 11 is 3.49. The first-order valence-corrected chi connectivity index (χ1v) is 6.42. The molecule has 1 aromatic rings. The third kappa shape index (κ3) is 3.30. The predicted octanol–water partition coefficient (Wildman–Crippen LogP) is 3.07. The Morgan fingerprint density at radius 3 is 2.50 bits per heavy atom. The van der Waals surface area contributed by atoms with Crippen molar-refractivity contribution in [2.45, 2.75) is 19.4 Å². The van der Waals surface area contributed by atoms with Crippen LogP contribution in [0.1, 0.15) is 24.9 Å². The second-order valence-electron chi connectivity index (χ2n) is 4.31. The van der Waals surface area contributed by atoms with Crippen LogP contribution in [0.5, 0.6) is 0 Å². The highest BCUT2D eigenvalue weighted by atomic mass is 79.9. The summed E-state index contributed by atoms with van der Waals surface area (Å²) in [5.41, 5.74) is 1.25. The van der Waals surface area contributed by atoms with Crippen molar-refractivity contribution in [1.82, 2.24) is 4.90 Å². The maximum atomic E-state index is 9.44. The van der Waals surface area contributed by atoms with Crippen molar-refractivity contribution < 1.29 is 5.11 Å². The molecule has 0 spiro atoms. The zero-order chi connectivity index (χ0) is 12.1. The molecule has 1 rings (SSSR count). The van der Waals surface area contributed by atoms with E-state index in [2.05, 4.69) is 54.0 Å². The molecule has 0 heterocycles. The van der Waals surface area contributed by atoms with E-state index in [0.29, 0.717) is 0 Å². The molecule has 2 unspecified atom stereocenters. The lowest BCUT2D eigenvalue weighted by molar-refractivity contribution is 0.130. The molecule has 0 aliphatic heterocycles. The fourth-order valence-corrected chi connectivity index (χ4v) is 2.55. The van der Waals surface area contributed by atoms with Crippen LogP contribution < -0.4 is 0 Å². The number of aliphatic hydroxyl groups is 1. The topological polar surface area (TPSA) is 23.5 Å². The average molecular weight is 286 g/mol. The largest absolute Gasteiger partial charge is 0.396 e. The van der Waals surface area contributed by atoms with E-state index in [1.807, 2.05) is 12.1 Å². The highest BCUT2D eigenvalue weighted by molar-refractivity contribution is 9.10. The first kappa shape index (κ1) is 13.7. The molecule has 3 heteroatoms. The van der Waals surface area contributed by atoms with Crippen LogP contribution in [-0.2, 0) is 0 Å². The van der Waals surface area contributed by atoms with Crippen molar-refractivity contribution in [1.29, 1.82) is 0 Å². The van der Waals surface area contributed by atoms with Crippen molar-refractivity contribution in [2.24, 2.45) is 5.92 Å². The van der Waals surface area contributed by atoms with Gasteiger partial charge in [-0.25, -0.2) is 0 Å². The lowest BCUT2D eigenvalue weighted by Gasteiger charge is -2.31. The van der Waals surface area contributed by atoms with Crippen molar-refractivity contribution in [2.75, 3.05) is 20.7 Å². The molecule has 1 N–H and O–H groups in total. The summed E-state index contributed by atoms with van der Waals surface area (Å²) < 4.78 is 1.09. The highest BCUT2D eigenvalue weighted by Gasteiger charge is 2.23. The Bertz CT molecular complexity index is 323. The lowest BCUT2D eigenvalue weighted by atomic mass is 9.91. The van der Waals surface area contributed by atoms with Crippen LogP contribution in [0.4, 0.5) is 0 Å². The number of rotatable bonds is 5. The molecule has 0 aliphatic carbocycles. The molecule has 16 heavy (non-hydrogen) atoms. The summed E-state index contributed by atoms with van der Waals surface area (Å²) in [6.45, 7) is 2.35. The molecule has 0 radical (unpaired) electrons. The quantitative estimate of drug-likeness (QED) is 0.899. The maximum absolute atomic E-state index is 9.44. The smallest absolute Gasteiger partial charge is 0.0477 e. The molecular weight excluding hydrogens is 266 g/mol. The van der Waals surface area contributed by atoms with Gasteiger partial charge in [0.2, 0.25) is 0 Å².